The first-order valence-electron chi connectivity index (χ1n) is 1.82. The smallest absolute Gasteiger partial charge is 0.228 e. The van der Waals surface area contributed by atoms with Gasteiger partial charge in [-0.2, -0.15) is 0 Å². The van der Waals surface area contributed by atoms with Crippen LogP contribution in [0.4, 0.5) is 0 Å². The zero-order chi connectivity index (χ0) is 4.99. The van der Waals surface area contributed by atoms with Crippen LogP contribution < -0.4 is 0 Å². The fraction of sp³-hybridized carbons (Fsp3) is 0.400. The molecular weight excluding hydrogens is 76.1 g/mol. The molecule has 0 aliphatic carbocycles. The predicted octanol–water partition coefficient (Wildman–Crippen LogP) is 1.06. The minimum absolute atomic E-state index is 0.662. The van der Waals surface area contributed by atoms with Gasteiger partial charge in [-0.25, -0.2) is 0 Å². The van der Waals surface area contributed by atoms with Crippen molar-refractivity contribution in [2.45, 2.75) is 13.8 Å². The molecule has 0 aliphatic rings. The zero-order valence-electron chi connectivity index (χ0n) is 3.99. The van der Waals surface area contributed by atoms with E-state index < -0.39 is 0 Å². The minimum Gasteiger partial charge on any atom is -0.285 e. The summed E-state index contributed by atoms with van der Waals surface area (Å²) >= 11 is 0. The number of allylic oxidation sites excluding steroid dienone is 2. The van der Waals surface area contributed by atoms with E-state index in [0.29, 0.717) is 5.57 Å². The summed E-state index contributed by atoms with van der Waals surface area (Å²) in [6, 6.07) is 0. The lowest BCUT2D eigenvalue weighted by Crippen LogP contribution is -1.69. The van der Waals surface area contributed by atoms with Crippen LogP contribution in [0.1, 0.15) is 13.8 Å². The highest BCUT2D eigenvalue weighted by molar-refractivity contribution is 5.72. The van der Waals surface area contributed by atoms with Crippen LogP contribution in [0.15, 0.2) is 11.6 Å². The Kier molecular flexibility index (Phi) is 2.38. The predicted molar refractivity (Wildman–Crippen MR) is 25.1 cm³/mol. The fourth-order valence-corrected chi connectivity index (χ4v) is 0.0589. The van der Waals surface area contributed by atoms with Gasteiger partial charge in [0.15, 0.2) is 0 Å². The molecule has 0 unspecified atom stereocenters. The van der Waals surface area contributed by atoms with Crippen LogP contribution in [-0.2, 0) is 4.79 Å². The first-order valence-corrected chi connectivity index (χ1v) is 1.82. The van der Waals surface area contributed by atoms with E-state index in [-0.39, 0.29) is 0 Å². The molecule has 33 valence electrons. The lowest BCUT2D eigenvalue weighted by Gasteiger charge is -1.71. The number of hydrogen-bond donors (Lipinski definition) is 0. The number of rotatable bonds is 1. The highest BCUT2D eigenvalue weighted by Crippen LogP contribution is 1.80. The van der Waals surface area contributed by atoms with Crippen LogP contribution in [0.5, 0.6) is 0 Å². The van der Waals surface area contributed by atoms with Gasteiger partial charge in [0.2, 0.25) is 6.29 Å². The molecule has 1 nitrogen and oxygen atoms in total. The lowest BCUT2D eigenvalue weighted by atomic mass is 10.3. The topological polar surface area (TPSA) is 17.1 Å². The third-order valence-corrected chi connectivity index (χ3v) is 0.594. The largest absolute Gasteiger partial charge is 0.285 e. The Morgan fingerprint density at radius 3 is 2.33 bits per heavy atom. The average molecular weight is 83.1 g/mol. The van der Waals surface area contributed by atoms with Crippen LogP contribution in [0.2, 0.25) is 0 Å². The van der Waals surface area contributed by atoms with Crippen LogP contribution >= 0.6 is 0 Å². The van der Waals surface area contributed by atoms with Gasteiger partial charge in [0.05, 0.1) is 0 Å². The Morgan fingerprint density at radius 1 is 1.83 bits per heavy atom. The first kappa shape index (κ1) is 5.41. The van der Waals surface area contributed by atoms with Gasteiger partial charge in [-0.1, -0.05) is 6.08 Å². The molecule has 0 rings (SSSR count). The molecule has 0 N–H and O–H groups in total. The molecule has 0 saturated heterocycles. The van der Waals surface area contributed by atoms with E-state index in [2.05, 4.69) is 0 Å². The van der Waals surface area contributed by atoms with E-state index in [0.717, 1.165) is 0 Å². The van der Waals surface area contributed by atoms with Crippen molar-refractivity contribution in [2.75, 3.05) is 0 Å². The van der Waals surface area contributed by atoms with Gasteiger partial charge in [-0.15, -0.1) is 0 Å². The van der Waals surface area contributed by atoms with E-state index in [1.54, 1.807) is 26.2 Å². The summed E-state index contributed by atoms with van der Waals surface area (Å²) in [7, 11) is 0. The van der Waals surface area contributed by atoms with Gasteiger partial charge in [-0.05, 0) is 19.4 Å². The summed E-state index contributed by atoms with van der Waals surface area (Å²) in [5, 5.41) is 0. The second kappa shape index (κ2) is 2.64. The highest BCUT2D eigenvalue weighted by Gasteiger charge is 1.74. The molecule has 6 heavy (non-hydrogen) atoms. The van der Waals surface area contributed by atoms with Crippen molar-refractivity contribution in [3.05, 3.63) is 11.6 Å². The third-order valence-electron chi connectivity index (χ3n) is 0.594. The summed E-state index contributed by atoms with van der Waals surface area (Å²) in [5.41, 5.74) is 0.662. The van der Waals surface area contributed by atoms with Gasteiger partial charge in [0, 0.05) is 0 Å². The maximum Gasteiger partial charge on any atom is 0.228 e. The van der Waals surface area contributed by atoms with Gasteiger partial charge in [-0.3, -0.25) is 4.79 Å². The highest BCUT2D eigenvalue weighted by atomic mass is 16.1. The second-order valence-corrected chi connectivity index (χ2v) is 1.07. The van der Waals surface area contributed by atoms with Gasteiger partial charge < -0.3 is 0 Å². The van der Waals surface area contributed by atoms with Crippen molar-refractivity contribution >= 4 is 6.29 Å². The molecular formula is C5H7O. The molecule has 0 aromatic carbocycles. The molecule has 0 aromatic heterocycles. The van der Waals surface area contributed by atoms with Crippen LogP contribution in [0.3, 0.4) is 0 Å². The molecule has 0 fully saturated rings. The van der Waals surface area contributed by atoms with Crippen molar-refractivity contribution in [2.24, 2.45) is 0 Å². The molecule has 0 aliphatic heterocycles. The lowest BCUT2D eigenvalue weighted by molar-refractivity contribution is 0.561. The molecule has 1 radical (unpaired) electrons. The molecule has 0 aromatic rings. The summed E-state index contributed by atoms with van der Waals surface area (Å²) in [6.07, 6.45) is 3.44. The van der Waals surface area contributed by atoms with Gasteiger partial charge >= 0.3 is 0 Å². The number of carbonyl (C=O) groups excluding carboxylic acids is 1. The molecule has 0 saturated carbocycles. The zero-order valence-corrected chi connectivity index (χ0v) is 3.99. The van der Waals surface area contributed by atoms with Gasteiger partial charge in [0.25, 0.3) is 0 Å². The quantitative estimate of drug-likeness (QED) is 0.433. The van der Waals surface area contributed by atoms with E-state index in [1.807, 2.05) is 0 Å². The van der Waals surface area contributed by atoms with Crippen LogP contribution in [-0.4, -0.2) is 6.29 Å². The Hall–Kier alpha value is -0.590. The van der Waals surface area contributed by atoms with Crippen molar-refractivity contribution in [3.63, 3.8) is 0 Å². The van der Waals surface area contributed by atoms with E-state index in [4.69, 9.17) is 0 Å². The Balaban J connectivity index is 3.50. The standard InChI is InChI=1S/C5H7O/c1-3-5(2)4-6/h3H,1-2H3. The molecule has 0 heterocycles. The van der Waals surface area contributed by atoms with E-state index in [9.17, 15) is 4.79 Å². The Morgan fingerprint density at radius 2 is 2.33 bits per heavy atom. The molecule has 0 spiro atoms. The summed E-state index contributed by atoms with van der Waals surface area (Å²) in [5.74, 6) is 0. The summed E-state index contributed by atoms with van der Waals surface area (Å²) < 4.78 is 0. The van der Waals surface area contributed by atoms with E-state index >= 15 is 0 Å². The fourth-order valence-electron chi connectivity index (χ4n) is 0.0589. The molecule has 1 heteroatoms. The third kappa shape index (κ3) is 1.70. The number of hydrogen-bond acceptors (Lipinski definition) is 1. The monoisotopic (exact) mass is 83.0 g/mol. The SMILES string of the molecule is CC=C(C)[C]=O. The normalized spacial score (nSPS) is 11.3. The summed E-state index contributed by atoms with van der Waals surface area (Å²) in [6.45, 7) is 3.52. The van der Waals surface area contributed by atoms with E-state index in [1.165, 1.54) is 0 Å². The average Bonchev–Trinajstić information content (AvgIpc) is 1.65. The Labute approximate surface area is 37.7 Å². The van der Waals surface area contributed by atoms with Crippen molar-refractivity contribution in [3.8, 4) is 0 Å². The van der Waals surface area contributed by atoms with Crippen LogP contribution in [0.25, 0.3) is 0 Å². The summed E-state index contributed by atoms with van der Waals surface area (Å²) in [4.78, 5) is 9.54. The molecule has 0 bridgehead atoms. The van der Waals surface area contributed by atoms with Crippen LogP contribution in [0, 0.1) is 0 Å². The first-order chi connectivity index (χ1) is 2.81. The Bertz CT molecular complexity index is 72.0. The van der Waals surface area contributed by atoms with Crippen molar-refractivity contribution in [1.29, 1.82) is 0 Å². The molecule has 0 amide bonds. The minimum atomic E-state index is 0.662. The van der Waals surface area contributed by atoms with Crippen molar-refractivity contribution < 1.29 is 4.79 Å². The molecule has 0 atom stereocenters. The van der Waals surface area contributed by atoms with Crippen molar-refractivity contribution in [1.82, 2.24) is 0 Å². The second-order valence-electron chi connectivity index (χ2n) is 1.07. The maximum absolute atomic E-state index is 9.54. The van der Waals surface area contributed by atoms with Gasteiger partial charge in [0.1, 0.15) is 0 Å². The maximum atomic E-state index is 9.54.